The van der Waals surface area contributed by atoms with Gasteiger partial charge in [0.05, 0.1) is 0 Å². The normalized spacial score (nSPS) is 11.2. The molecule has 0 saturated carbocycles. The number of nitrogens with zero attached hydrogens (tertiary/aromatic N) is 2. The van der Waals surface area contributed by atoms with E-state index in [1.54, 1.807) is 24.6 Å². The van der Waals surface area contributed by atoms with Crippen LogP contribution in [0.15, 0.2) is 36.4 Å². The van der Waals surface area contributed by atoms with Crippen LogP contribution in [0.3, 0.4) is 0 Å². The van der Waals surface area contributed by atoms with Gasteiger partial charge in [-0.05, 0) is 54.7 Å². The number of ether oxygens (including phenoxy) is 2. The predicted octanol–water partition coefficient (Wildman–Crippen LogP) is 4.57. The molecule has 0 bridgehead atoms. The maximum Gasteiger partial charge on any atom is 0.292 e. The molecule has 2 aromatic rings. The minimum absolute atomic E-state index is 0.236. The van der Waals surface area contributed by atoms with E-state index in [0.717, 1.165) is 23.1 Å². The molecule has 23 heavy (non-hydrogen) atoms. The summed E-state index contributed by atoms with van der Waals surface area (Å²) in [5.74, 6) is 1.40. The topological polar surface area (TPSA) is 66.0 Å². The number of hydrogen-bond donors (Lipinski definition) is 0. The largest absolute Gasteiger partial charge is 0.388 e. The fourth-order valence-corrected chi connectivity index (χ4v) is 2.88. The van der Waals surface area contributed by atoms with Crippen LogP contribution in [0.2, 0.25) is 0 Å². The van der Waals surface area contributed by atoms with Crippen molar-refractivity contribution in [3.8, 4) is 24.0 Å². The highest BCUT2D eigenvalue weighted by molar-refractivity contribution is 5.47. The molecule has 0 fully saturated rings. The molecule has 2 aromatic carbocycles. The zero-order chi connectivity index (χ0) is 16.8. The standard InChI is InChI=1S/C19H18N2O2/c1-4-18(15-5-7-17(8-6-15)22-11-20)16-9-13(2)19(23-12-21)14(3)10-16/h5-10,18H,4H2,1-3H3. The highest BCUT2D eigenvalue weighted by atomic mass is 16.5. The smallest absolute Gasteiger partial charge is 0.292 e. The Kier molecular flexibility index (Phi) is 5.23. The highest BCUT2D eigenvalue weighted by Gasteiger charge is 2.16. The first-order chi connectivity index (χ1) is 11.1. The number of aryl methyl sites for hydroxylation is 2. The molecule has 0 amide bonds. The van der Waals surface area contributed by atoms with Crippen molar-refractivity contribution < 1.29 is 9.47 Å². The Bertz CT molecular complexity index is 744. The van der Waals surface area contributed by atoms with Crippen molar-refractivity contribution in [3.63, 3.8) is 0 Å². The lowest BCUT2D eigenvalue weighted by Gasteiger charge is -2.19. The van der Waals surface area contributed by atoms with Gasteiger partial charge in [0.15, 0.2) is 0 Å². The second kappa shape index (κ2) is 7.33. The van der Waals surface area contributed by atoms with E-state index in [1.807, 2.05) is 26.0 Å². The van der Waals surface area contributed by atoms with Gasteiger partial charge in [-0.2, -0.15) is 0 Å². The first-order valence-electron chi connectivity index (χ1n) is 7.43. The third-order valence-electron chi connectivity index (χ3n) is 3.89. The molecule has 0 aliphatic carbocycles. The molecule has 1 unspecified atom stereocenters. The van der Waals surface area contributed by atoms with Crippen molar-refractivity contribution in [2.45, 2.75) is 33.1 Å². The molecule has 4 heteroatoms. The van der Waals surface area contributed by atoms with E-state index in [2.05, 4.69) is 19.1 Å². The van der Waals surface area contributed by atoms with E-state index < -0.39 is 0 Å². The third-order valence-corrected chi connectivity index (χ3v) is 3.89. The Morgan fingerprint density at radius 1 is 0.913 bits per heavy atom. The van der Waals surface area contributed by atoms with Crippen molar-refractivity contribution in [3.05, 3.63) is 58.7 Å². The maximum absolute atomic E-state index is 8.73. The number of rotatable bonds is 5. The van der Waals surface area contributed by atoms with E-state index in [1.165, 1.54) is 5.56 Å². The minimum Gasteiger partial charge on any atom is -0.388 e. The summed E-state index contributed by atoms with van der Waals surface area (Å²) in [6, 6.07) is 11.7. The van der Waals surface area contributed by atoms with Gasteiger partial charge in [-0.25, -0.2) is 0 Å². The van der Waals surface area contributed by atoms with Crippen molar-refractivity contribution in [1.29, 1.82) is 10.5 Å². The van der Waals surface area contributed by atoms with Crippen molar-refractivity contribution in [2.75, 3.05) is 0 Å². The molecule has 4 nitrogen and oxygen atoms in total. The summed E-state index contributed by atoms with van der Waals surface area (Å²) in [4.78, 5) is 0. The number of benzene rings is 2. The van der Waals surface area contributed by atoms with Crippen LogP contribution >= 0.6 is 0 Å². The molecular formula is C19H18N2O2. The first-order valence-corrected chi connectivity index (χ1v) is 7.43. The van der Waals surface area contributed by atoms with Crippen LogP contribution in [-0.2, 0) is 0 Å². The average molecular weight is 306 g/mol. The van der Waals surface area contributed by atoms with Crippen LogP contribution in [0.1, 0.15) is 41.5 Å². The molecule has 0 radical (unpaired) electrons. The van der Waals surface area contributed by atoms with Gasteiger partial charge in [0.1, 0.15) is 11.5 Å². The van der Waals surface area contributed by atoms with Gasteiger partial charge in [-0.3, -0.25) is 0 Å². The molecular weight excluding hydrogens is 288 g/mol. The van der Waals surface area contributed by atoms with Crippen LogP contribution in [0.5, 0.6) is 11.5 Å². The molecule has 1 atom stereocenters. The molecule has 0 saturated heterocycles. The summed E-state index contributed by atoms with van der Waals surface area (Å²) in [5, 5.41) is 17.3. The van der Waals surface area contributed by atoms with Crippen molar-refractivity contribution in [1.82, 2.24) is 0 Å². The van der Waals surface area contributed by atoms with Gasteiger partial charge >= 0.3 is 0 Å². The van der Waals surface area contributed by atoms with Crippen LogP contribution in [0, 0.1) is 36.9 Å². The maximum atomic E-state index is 8.73. The van der Waals surface area contributed by atoms with Gasteiger partial charge < -0.3 is 9.47 Å². The Balaban J connectivity index is 2.38. The second-order valence-electron chi connectivity index (χ2n) is 5.40. The van der Waals surface area contributed by atoms with Crippen LogP contribution in [0.25, 0.3) is 0 Å². The summed E-state index contributed by atoms with van der Waals surface area (Å²) >= 11 is 0. The average Bonchev–Trinajstić information content (AvgIpc) is 2.53. The molecule has 0 N–H and O–H groups in total. The van der Waals surface area contributed by atoms with E-state index in [-0.39, 0.29) is 5.92 Å². The van der Waals surface area contributed by atoms with Gasteiger partial charge in [-0.1, -0.05) is 31.2 Å². The summed E-state index contributed by atoms with van der Waals surface area (Å²) in [6.45, 7) is 6.02. The summed E-state index contributed by atoms with van der Waals surface area (Å²) in [5.41, 5.74) is 4.24. The zero-order valence-electron chi connectivity index (χ0n) is 13.5. The minimum atomic E-state index is 0.236. The molecule has 116 valence electrons. The van der Waals surface area contributed by atoms with Crippen LogP contribution in [0.4, 0.5) is 0 Å². The predicted molar refractivity (Wildman–Crippen MR) is 87.0 cm³/mol. The fraction of sp³-hybridized carbons (Fsp3) is 0.263. The van der Waals surface area contributed by atoms with E-state index in [4.69, 9.17) is 20.0 Å². The Labute approximate surface area is 136 Å². The SMILES string of the molecule is CCC(c1ccc(OC#N)cc1)c1cc(C)c(OC#N)c(C)c1. The van der Waals surface area contributed by atoms with Crippen LogP contribution < -0.4 is 9.47 Å². The van der Waals surface area contributed by atoms with E-state index in [0.29, 0.717) is 11.5 Å². The van der Waals surface area contributed by atoms with Crippen molar-refractivity contribution >= 4 is 0 Å². The monoisotopic (exact) mass is 306 g/mol. The lowest BCUT2D eigenvalue weighted by atomic mass is 9.87. The Morgan fingerprint density at radius 3 is 1.96 bits per heavy atom. The highest BCUT2D eigenvalue weighted by Crippen LogP contribution is 2.34. The molecule has 0 aliphatic heterocycles. The molecule has 2 rings (SSSR count). The van der Waals surface area contributed by atoms with Gasteiger partial charge in [0, 0.05) is 5.92 Å². The molecule has 0 heterocycles. The summed E-state index contributed by atoms with van der Waals surface area (Å²) < 4.78 is 9.86. The summed E-state index contributed by atoms with van der Waals surface area (Å²) in [7, 11) is 0. The van der Waals surface area contributed by atoms with Crippen LogP contribution in [-0.4, -0.2) is 0 Å². The third kappa shape index (κ3) is 3.62. The number of nitriles is 2. The first kappa shape index (κ1) is 16.4. The fourth-order valence-electron chi connectivity index (χ4n) is 2.88. The molecule has 0 aromatic heterocycles. The molecule has 0 spiro atoms. The molecule has 0 aliphatic rings. The van der Waals surface area contributed by atoms with Gasteiger partial charge in [0.2, 0.25) is 0 Å². The lowest BCUT2D eigenvalue weighted by molar-refractivity contribution is 0.498. The van der Waals surface area contributed by atoms with Crippen molar-refractivity contribution in [2.24, 2.45) is 0 Å². The quantitative estimate of drug-likeness (QED) is 0.759. The summed E-state index contributed by atoms with van der Waals surface area (Å²) in [6.07, 6.45) is 4.35. The Morgan fingerprint density at radius 2 is 1.48 bits per heavy atom. The second-order valence-corrected chi connectivity index (χ2v) is 5.40. The van der Waals surface area contributed by atoms with E-state index >= 15 is 0 Å². The van der Waals surface area contributed by atoms with E-state index in [9.17, 15) is 0 Å². The zero-order valence-corrected chi connectivity index (χ0v) is 13.5. The number of hydrogen-bond acceptors (Lipinski definition) is 4. The Hall–Kier alpha value is -2.98. The van der Waals surface area contributed by atoms with Gasteiger partial charge in [0.25, 0.3) is 12.5 Å². The van der Waals surface area contributed by atoms with Gasteiger partial charge in [-0.15, -0.1) is 10.5 Å². The lowest BCUT2D eigenvalue weighted by Crippen LogP contribution is -2.02.